The molecule has 0 radical (unpaired) electrons. The molecule has 0 spiro atoms. The van der Waals surface area contributed by atoms with Crippen molar-refractivity contribution >= 4 is 26.0 Å². The topological polar surface area (TPSA) is 122 Å². The lowest BCUT2D eigenvalue weighted by Gasteiger charge is -2.55. The minimum absolute atomic E-state index is 0.0240. The molecule has 0 unspecified atom stereocenters. The molecule has 1 amide bonds. The van der Waals surface area contributed by atoms with Crippen LogP contribution in [0.4, 0.5) is 0 Å². The molecule has 4 bridgehead atoms. The van der Waals surface area contributed by atoms with Gasteiger partial charge in [-0.1, -0.05) is 0 Å². The van der Waals surface area contributed by atoms with Crippen LogP contribution < -0.4 is 10.3 Å². The molecule has 4 saturated carbocycles. The van der Waals surface area contributed by atoms with Crippen LogP contribution in [0.15, 0.2) is 34.1 Å². The van der Waals surface area contributed by atoms with Gasteiger partial charge in [-0.05, 0) is 80.5 Å². The summed E-state index contributed by atoms with van der Waals surface area (Å²) in [6.07, 6.45) is 6.08. The van der Waals surface area contributed by atoms with Crippen LogP contribution >= 0.6 is 0 Å². The minimum atomic E-state index is -4.02. The molecule has 5 aliphatic rings. The van der Waals surface area contributed by atoms with Crippen LogP contribution in [0.25, 0.3) is 0 Å². The fourth-order valence-electron chi connectivity index (χ4n) is 6.42. The molecule has 5 fully saturated rings. The molecule has 6 rings (SSSR count). The molecule has 2 N–H and O–H groups in total. The predicted molar refractivity (Wildman–Crippen MR) is 115 cm³/mol. The highest BCUT2D eigenvalue weighted by Gasteiger charge is 2.54. The lowest BCUT2D eigenvalue weighted by molar-refractivity contribution is -0.146. The number of rotatable bonds is 6. The van der Waals surface area contributed by atoms with Gasteiger partial charge in [0.2, 0.25) is 15.9 Å². The zero-order chi connectivity index (χ0) is 22.6. The maximum atomic E-state index is 13.0. The Kier molecular flexibility index (Phi) is 5.60. The SMILES string of the molecule is O=C(NNS(=O)(=O)c1ccc(S(=O)(=O)N2CCOCC2)cc1)C12CC3CC(CC(C3)C1)C2. The summed E-state index contributed by atoms with van der Waals surface area (Å²) in [5, 5.41) is 0. The number of morpholine rings is 1. The molecule has 176 valence electrons. The highest BCUT2D eigenvalue weighted by molar-refractivity contribution is 7.89. The number of nitrogens with one attached hydrogen (secondary N) is 2. The van der Waals surface area contributed by atoms with E-state index in [0.29, 0.717) is 31.0 Å². The molecule has 9 nitrogen and oxygen atoms in total. The molecule has 1 saturated heterocycles. The van der Waals surface area contributed by atoms with Crippen molar-refractivity contribution < 1.29 is 26.4 Å². The Bertz CT molecular complexity index is 1060. The van der Waals surface area contributed by atoms with Crippen LogP contribution in [-0.4, -0.2) is 53.4 Å². The van der Waals surface area contributed by atoms with Crippen molar-refractivity contribution in [1.82, 2.24) is 14.6 Å². The molecule has 32 heavy (non-hydrogen) atoms. The summed E-state index contributed by atoms with van der Waals surface area (Å²) in [6.45, 7) is 1.19. The molecule has 1 aromatic carbocycles. The van der Waals surface area contributed by atoms with Gasteiger partial charge in [-0.2, -0.15) is 4.31 Å². The summed E-state index contributed by atoms with van der Waals surface area (Å²) < 4.78 is 57.4. The summed E-state index contributed by atoms with van der Waals surface area (Å²) in [7, 11) is -7.73. The average Bonchev–Trinajstić information content (AvgIpc) is 2.77. The van der Waals surface area contributed by atoms with E-state index >= 15 is 0 Å². The van der Waals surface area contributed by atoms with Gasteiger partial charge in [0.25, 0.3) is 10.0 Å². The van der Waals surface area contributed by atoms with Crippen LogP contribution in [0.5, 0.6) is 0 Å². The number of hydrazine groups is 1. The summed E-state index contributed by atoms with van der Waals surface area (Å²) in [5.41, 5.74) is 1.99. The number of benzene rings is 1. The van der Waals surface area contributed by atoms with E-state index < -0.39 is 25.5 Å². The Morgan fingerprint density at radius 3 is 1.91 bits per heavy atom. The van der Waals surface area contributed by atoms with Crippen molar-refractivity contribution in [3.63, 3.8) is 0 Å². The van der Waals surface area contributed by atoms with Gasteiger partial charge in [-0.15, -0.1) is 4.83 Å². The number of hydrogen-bond acceptors (Lipinski definition) is 6. The van der Waals surface area contributed by atoms with Gasteiger partial charge in [0.15, 0.2) is 0 Å². The minimum Gasteiger partial charge on any atom is -0.379 e. The van der Waals surface area contributed by atoms with Crippen LogP contribution in [-0.2, 0) is 29.6 Å². The van der Waals surface area contributed by atoms with Crippen molar-refractivity contribution in [1.29, 1.82) is 0 Å². The molecule has 0 atom stereocenters. The molecule has 1 aliphatic heterocycles. The van der Waals surface area contributed by atoms with Gasteiger partial charge in [-0.25, -0.2) is 16.8 Å². The molecular formula is C21H29N3O6S2. The van der Waals surface area contributed by atoms with Crippen LogP contribution in [0.2, 0.25) is 0 Å². The van der Waals surface area contributed by atoms with Crippen LogP contribution in [0.3, 0.4) is 0 Å². The van der Waals surface area contributed by atoms with Gasteiger partial charge in [0.05, 0.1) is 28.4 Å². The Morgan fingerprint density at radius 2 is 1.38 bits per heavy atom. The number of carbonyl (C=O) groups excluding carboxylic acids is 1. The first-order valence-electron chi connectivity index (χ1n) is 11.2. The third-order valence-corrected chi connectivity index (χ3v) is 10.7. The van der Waals surface area contributed by atoms with Crippen LogP contribution in [0, 0.1) is 23.2 Å². The normalized spacial score (nSPS) is 32.7. The number of amides is 1. The van der Waals surface area contributed by atoms with Crippen LogP contribution in [0.1, 0.15) is 38.5 Å². The Hall–Kier alpha value is -1.53. The average molecular weight is 484 g/mol. The molecule has 1 aromatic rings. The smallest absolute Gasteiger partial charge is 0.257 e. The second kappa shape index (κ2) is 8.05. The lowest BCUT2D eigenvalue weighted by Crippen LogP contribution is -2.56. The molecule has 1 heterocycles. The first-order valence-corrected chi connectivity index (χ1v) is 14.1. The lowest BCUT2D eigenvalue weighted by atomic mass is 9.49. The van der Waals surface area contributed by atoms with Gasteiger partial charge in [0, 0.05) is 13.1 Å². The van der Waals surface area contributed by atoms with E-state index in [-0.39, 0.29) is 28.8 Å². The highest BCUT2D eigenvalue weighted by Crippen LogP contribution is 2.60. The second-order valence-electron chi connectivity index (χ2n) is 9.75. The van der Waals surface area contributed by atoms with Gasteiger partial charge in [-0.3, -0.25) is 10.2 Å². The number of carbonyl (C=O) groups is 1. The van der Waals surface area contributed by atoms with Crippen molar-refractivity contribution in [3.8, 4) is 0 Å². The van der Waals surface area contributed by atoms with E-state index in [9.17, 15) is 21.6 Å². The molecule has 0 aromatic heterocycles. The first kappa shape index (κ1) is 22.3. The second-order valence-corrected chi connectivity index (χ2v) is 13.4. The quantitative estimate of drug-likeness (QED) is 0.587. The van der Waals surface area contributed by atoms with E-state index in [1.165, 1.54) is 47.8 Å². The summed E-state index contributed by atoms with van der Waals surface area (Å²) in [6, 6.07) is 5.04. The zero-order valence-corrected chi connectivity index (χ0v) is 19.5. The molecular weight excluding hydrogens is 454 g/mol. The standard InChI is InChI=1S/C21H29N3O6S2/c25-20(21-12-15-9-16(13-21)11-17(10-15)14-21)22-23-31(26,27)18-1-3-19(4-2-18)32(28,29)24-5-7-30-8-6-24/h1-4,15-17,23H,5-14H2,(H,22,25). The monoisotopic (exact) mass is 483 g/mol. The highest BCUT2D eigenvalue weighted by atomic mass is 32.2. The van der Waals surface area contributed by atoms with E-state index in [1.807, 2.05) is 0 Å². The Balaban J connectivity index is 1.25. The molecule has 4 aliphatic carbocycles. The van der Waals surface area contributed by atoms with E-state index in [1.54, 1.807) is 0 Å². The first-order chi connectivity index (χ1) is 15.2. The fraction of sp³-hybridized carbons (Fsp3) is 0.667. The predicted octanol–water partition coefficient (Wildman–Crippen LogP) is 1.23. The maximum Gasteiger partial charge on any atom is 0.257 e. The number of hydrogen-bond donors (Lipinski definition) is 2. The Morgan fingerprint density at radius 1 is 0.875 bits per heavy atom. The number of ether oxygens (including phenoxy) is 1. The largest absolute Gasteiger partial charge is 0.379 e. The Labute approximate surface area is 189 Å². The number of sulfonamides is 2. The third kappa shape index (κ3) is 3.98. The fourth-order valence-corrected chi connectivity index (χ4v) is 8.67. The van der Waals surface area contributed by atoms with Crippen molar-refractivity contribution in [2.24, 2.45) is 23.2 Å². The summed E-state index contributed by atoms with van der Waals surface area (Å²) in [5.74, 6) is 1.48. The van der Waals surface area contributed by atoms with Gasteiger partial charge in [0.1, 0.15) is 0 Å². The zero-order valence-electron chi connectivity index (χ0n) is 17.8. The van der Waals surface area contributed by atoms with Gasteiger partial charge < -0.3 is 4.74 Å². The number of nitrogens with zero attached hydrogens (tertiary/aromatic N) is 1. The van der Waals surface area contributed by atoms with E-state index in [2.05, 4.69) is 10.3 Å². The third-order valence-electron chi connectivity index (χ3n) is 7.56. The maximum absolute atomic E-state index is 13.0. The van der Waals surface area contributed by atoms with Gasteiger partial charge >= 0.3 is 0 Å². The van der Waals surface area contributed by atoms with Crippen molar-refractivity contribution in [2.75, 3.05) is 26.3 Å². The van der Waals surface area contributed by atoms with Crippen molar-refractivity contribution in [2.45, 2.75) is 48.3 Å². The van der Waals surface area contributed by atoms with Crippen molar-refractivity contribution in [3.05, 3.63) is 24.3 Å². The van der Waals surface area contributed by atoms with E-state index in [0.717, 1.165) is 19.3 Å². The summed E-state index contributed by atoms with van der Waals surface area (Å²) in [4.78, 5) is 15.1. The summed E-state index contributed by atoms with van der Waals surface area (Å²) >= 11 is 0. The van der Waals surface area contributed by atoms with E-state index in [4.69, 9.17) is 4.74 Å². The molecule has 11 heteroatoms.